The second kappa shape index (κ2) is 8.65. The van der Waals surface area contributed by atoms with E-state index < -0.39 is 5.97 Å². The van der Waals surface area contributed by atoms with Crippen LogP contribution in [0.4, 0.5) is 0 Å². The van der Waals surface area contributed by atoms with Crippen molar-refractivity contribution in [2.24, 2.45) is 5.14 Å². The van der Waals surface area contributed by atoms with Crippen molar-refractivity contribution in [2.75, 3.05) is 7.11 Å². The molecule has 1 aliphatic heterocycles. The summed E-state index contributed by atoms with van der Waals surface area (Å²) in [6.07, 6.45) is 7.80. The summed E-state index contributed by atoms with van der Waals surface area (Å²) < 4.78 is 6.79. The number of carbonyl (C=O) groups excluding carboxylic acids is 1. The van der Waals surface area contributed by atoms with E-state index in [4.69, 9.17) is 9.88 Å². The normalized spacial score (nSPS) is 14.2. The van der Waals surface area contributed by atoms with Gasteiger partial charge in [0.15, 0.2) is 5.69 Å². The van der Waals surface area contributed by atoms with Crippen molar-refractivity contribution < 1.29 is 9.53 Å². The van der Waals surface area contributed by atoms with Gasteiger partial charge in [-0.3, -0.25) is 5.14 Å². The molecule has 0 saturated heterocycles. The molecule has 2 aromatic rings. The highest BCUT2D eigenvalue weighted by Gasteiger charge is 2.29. The van der Waals surface area contributed by atoms with Gasteiger partial charge in [0.25, 0.3) is 0 Å². The molecule has 0 amide bonds. The standard InChI is InChI=1S/C20H21N3O2S2/c1-4-7-14(11-10-13(2)27-21)23-19-15-8-5-6-9-17(15)26-12-16(19)18(22-23)20(24)25-3/h4-11H,12,21H2,1-3H3/b7-4-,13-10+,14-11+. The number of ether oxygens (including phenoxy) is 1. The molecule has 1 aromatic heterocycles. The number of hydrogen-bond acceptors (Lipinski definition) is 6. The number of benzene rings is 1. The van der Waals surface area contributed by atoms with Crippen molar-refractivity contribution in [3.8, 4) is 11.3 Å². The number of carbonyl (C=O) groups is 1. The van der Waals surface area contributed by atoms with Gasteiger partial charge >= 0.3 is 5.97 Å². The smallest absolute Gasteiger partial charge is 0.358 e. The van der Waals surface area contributed by atoms with Crippen LogP contribution >= 0.6 is 23.7 Å². The fourth-order valence-electron chi connectivity index (χ4n) is 2.86. The van der Waals surface area contributed by atoms with E-state index in [0.29, 0.717) is 11.4 Å². The van der Waals surface area contributed by atoms with Crippen LogP contribution in [0.5, 0.6) is 0 Å². The third-order valence-electron chi connectivity index (χ3n) is 4.13. The van der Waals surface area contributed by atoms with Crippen molar-refractivity contribution in [3.63, 3.8) is 0 Å². The Kier molecular flexibility index (Phi) is 6.26. The maximum absolute atomic E-state index is 12.3. The molecule has 0 radical (unpaired) electrons. The zero-order valence-corrected chi connectivity index (χ0v) is 17.1. The minimum atomic E-state index is -0.422. The number of allylic oxidation sites excluding steroid dienone is 6. The summed E-state index contributed by atoms with van der Waals surface area (Å²) in [6, 6.07) is 8.17. The first kappa shape index (κ1) is 19.5. The lowest BCUT2D eigenvalue weighted by Gasteiger charge is -2.18. The van der Waals surface area contributed by atoms with E-state index in [0.717, 1.165) is 27.4 Å². The van der Waals surface area contributed by atoms with Crippen molar-refractivity contribution in [1.82, 2.24) is 9.78 Å². The van der Waals surface area contributed by atoms with Gasteiger partial charge in [-0.2, -0.15) is 5.10 Å². The molecule has 0 aliphatic carbocycles. The lowest BCUT2D eigenvalue weighted by molar-refractivity contribution is 0.0592. The Morgan fingerprint density at radius 3 is 2.85 bits per heavy atom. The highest BCUT2D eigenvalue weighted by Crippen LogP contribution is 2.43. The van der Waals surface area contributed by atoms with Crippen LogP contribution in [0.2, 0.25) is 0 Å². The molecule has 5 nitrogen and oxygen atoms in total. The van der Waals surface area contributed by atoms with E-state index in [1.54, 1.807) is 11.8 Å². The molecule has 0 unspecified atom stereocenters. The van der Waals surface area contributed by atoms with Gasteiger partial charge in [-0.15, -0.1) is 11.8 Å². The summed E-state index contributed by atoms with van der Waals surface area (Å²) in [4.78, 5) is 14.5. The van der Waals surface area contributed by atoms with E-state index in [9.17, 15) is 4.79 Å². The van der Waals surface area contributed by atoms with Gasteiger partial charge in [0.05, 0.1) is 18.5 Å². The summed E-state index contributed by atoms with van der Waals surface area (Å²) in [6.45, 7) is 3.89. The quantitative estimate of drug-likeness (QED) is 0.439. The van der Waals surface area contributed by atoms with Crippen LogP contribution in [0.3, 0.4) is 0 Å². The molecule has 0 bridgehead atoms. The van der Waals surface area contributed by atoms with E-state index >= 15 is 0 Å². The SMILES string of the molecule is C\C=C/C(=C\C=C(/C)SN)n1nc(C(=O)OC)c2c1-c1ccccc1SC2. The monoisotopic (exact) mass is 399 g/mol. The number of methoxy groups -OCH3 is 1. The predicted molar refractivity (Wildman–Crippen MR) is 113 cm³/mol. The minimum Gasteiger partial charge on any atom is -0.464 e. The Balaban J connectivity index is 2.27. The van der Waals surface area contributed by atoms with Crippen LogP contribution in [-0.2, 0) is 10.5 Å². The molecule has 0 spiro atoms. The van der Waals surface area contributed by atoms with E-state index in [-0.39, 0.29) is 0 Å². The number of nitrogens with two attached hydrogens (primary N) is 1. The Hall–Kier alpha value is -2.22. The Morgan fingerprint density at radius 2 is 2.15 bits per heavy atom. The zero-order chi connectivity index (χ0) is 19.4. The molecule has 1 aliphatic rings. The number of fused-ring (bicyclic) bond motifs is 3. The van der Waals surface area contributed by atoms with Crippen LogP contribution in [0, 0.1) is 0 Å². The average molecular weight is 400 g/mol. The van der Waals surface area contributed by atoms with Gasteiger partial charge in [-0.25, -0.2) is 9.48 Å². The molecule has 2 heterocycles. The number of nitrogens with zero attached hydrogens (tertiary/aromatic N) is 2. The Morgan fingerprint density at radius 1 is 1.37 bits per heavy atom. The second-order valence-corrected chi connectivity index (χ2v) is 7.75. The average Bonchev–Trinajstić information content (AvgIpc) is 3.10. The van der Waals surface area contributed by atoms with Gasteiger partial charge in [0.2, 0.25) is 0 Å². The summed E-state index contributed by atoms with van der Waals surface area (Å²) in [5.41, 5.74) is 4.10. The summed E-state index contributed by atoms with van der Waals surface area (Å²) in [5, 5.41) is 10.2. The van der Waals surface area contributed by atoms with Crippen molar-refractivity contribution in [3.05, 3.63) is 64.7 Å². The number of aromatic nitrogens is 2. The molecular weight excluding hydrogens is 378 g/mol. The van der Waals surface area contributed by atoms with E-state index in [1.165, 1.54) is 24.0 Å². The molecule has 2 N–H and O–H groups in total. The Bertz CT molecular complexity index is 958. The van der Waals surface area contributed by atoms with Crippen LogP contribution < -0.4 is 5.14 Å². The van der Waals surface area contributed by atoms with Crippen molar-refractivity contribution in [1.29, 1.82) is 0 Å². The van der Waals surface area contributed by atoms with E-state index in [1.807, 2.05) is 55.0 Å². The molecule has 27 heavy (non-hydrogen) atoms. The van der Waals surface area contributed by atoms with Crippen LogP contribution in [0.15, 0.2) is 58.4 Å². The molecule has 0 saturated carbocycles. The lowest BCUT2D eigenvalue weighted by atomic mass is 10.1. The molecule has 0 fully saturated rings. The first-order chi connectivity index (χ1) is 13.1. The van der Waals surface area contributed by atoms with Gasteiger partial charge < -0.3 is 4.74 Å². The van der Waals surface area contributed by atoms with Gasteiger partial charge in [-0.05, 0) is 43.0 Å². The number of esters is 1. The summed E-state index contributed by atoms with van der Waals surface area (Å²) in [5.74, 6) is 0.252. The largest absolute Gasteiger partial charge is 0.464 e. The first-order valence-electron chi connectivity index (χ1n) is 8.41. The third-order valence-corrected chi connectivity index (χ3v) is 5.74. The summed E-state index contributed by atoms with van der Waals surface area (Å²) in [7, 11) is 1.38. The van der Waals surface area contributed by atoms with Crippen LogP contribution in [-0.4, -0.2) is 22.9 Å². The van der Waals surface area contributed by atoms with Gasteiger partial charge in [-0.1, -0.05) is 36.2 Å². The van der Waals surface area contributed by atoms with Gasteiger partial charge in [0.1, 0.15) is 0 Å². The third kappa shape index (κ3) is 3.90. The molecule has 3 rings (SSSR count). The molecule has 1 aromatic carbocycles. The van der Waals surface area contributed by atoms with Gasteiger partial charge in [0, 0.05) is 21.8 Å². The minimum absolute atomic E-state index is 0.360. The molecule has 140 valence electrons. The highest BCUT2D eigenvalue weighted by atomic mass is 32.2. The maximum atomic E-state index is 12.3. The number of rotatable bonds is 5. The zero-order valence-electron chi connectivity index (χ0n) is 15.4. The summed E-state index contributed by atoms with van der Waals surface area (Å²) >= 11 is 2.90. The fraction of sp³-hybridized carbons (Fsp3) is 0.200. The predicted octanol–water partition coefficient (Wildman–Crippen LogP) is 4.87. The van der Waals surface area contributed by atoms with Crippen molar-refractivity contribution >= 4 is 35.4 Å². The van der Waals surface area contributed by atoms with Crippen LogP contribution in [0.25, 0.3) is 17.0 Å². The highest BCUT2D eigenvalue weighted by molar-refractivity contribution is 8.00. The molecular formula is C20H21N3O2S2. The lowest BCUT2D eigenvalue weighted by Crippen LogP contribution is -2.06. The Labute approximate surface area is 167 Å². The number of thioether (sulfide) groups is 1. The van der Waals surface area contributed by atoms with E-state index in [2.05, 4.69) is 17.2 Å². The topological polar surface area (TPSA) is 70.1 Å². The number of hydrogen-bond donors (Lipinski definition) is 1. The first-order valence-corrected chi connectivity index (χ1v) is 10.3. The van der Waals surface area contributed by atoms with Crippen molar-refractivity contribution in [2.45, 2.75) is 24.5 Å². The second-order valence-electron chi connectivity index (χ2n) is 5.85. The van der Waals surface area contributed by atoms with Crippen LogP contribution in [0.1, 0.15) is 29.9 Å². The fourth-order valence-corrected chi connectivity index (χ4v) is 4.07. The molecule has 0 atom stereocenters. The molecule has 7 heteroatoms. The maximum Gasteiger partial charge on any atom is 0.358 e.